The number of para-hydroxylation sites is 1. The number of nitrogens with one attached hydrogen (secondary N) is 2. The first kappa shape index (κ1) is 11.3. The summed E-state index contributed by atoms with van der Waals surface area (Å²) in [6.45, 7) is 0. The highest BCUT2D eigenvalue weighted by atomic mass is 79.9. The molecule has 3 rings (SSSR count). The molecule has 2 aromatic rings. The molecule has 0 radical (unpaired) electrons. The molecule has 6 heteroatoms. The molecule has 2 N–H and O–H groups in total. The summed E-state index contributed by atoms with van der Waals surface area (Å²) in [7, 11) is 1.31. The van der Waals surface area contributed by atoms with Gasteiger partial charge in [0.05, 0.1) is 5.69 Å². The molecule has 0 saturated heterocycles. The average Bonchev–Trinajstić information content (AvgIpc) is 2.74. The van der Waals surface area contributed by atoms with Gasteiger partial charge in [-0.3, -0.25) is 0 Å². The zero-order valence-electron chi connectivity index (χ0n) is 8.72. The Hall–Kier alpha value is -0.850. The van der Waals surface area contributed by atoms with Crippen LogP contribution in [-0.2, 0) is 0 Å². The van der Waals surface area contributed by atoms with E-state index < -0.39 is 10.3 Å². The number of thiol groups is 1. The molecule has 1 aromatic heterocycles. The van der Waals surface area contributed by atoms with Crippen molar-refractivity contribution in [3.05, 3.63) is 47.1 Å². The third kappa shape index (κ3) is 2.53. The minimum Gasteiger partial charge on any atom is -0.325 e. The first-order valence-electron chi connectivity index (χ1n) is 5.03. The van der Waals surface area contributed by atoms with Crippen molar-refractivity contribution < 1.29 is 0 Å². The van der Waals surface area contributed by atoms with E-state index in [-0.39, 0.29) is 0 Å². The Balaban J connectivity index is 1.71. The monoisotopic (exact) mass is 327 g/mol. The van der Waals surface area contributed by atoms with E-state index in [4.69, 9.17) is 0 Å². The predicted octanol–water partition coefficient (Wildman–Crippen LogP) is 4.22. The van der Waals surface area contributed by atoms with Crippen LogP contribution in [0, 0.1) is 0 Å². The Morgan fingerprint density at radius 2 is 2.12 bits per heavy atom. The van der Waals surface area contributed by atoms with Gasteiger partial charge in [-0.05, 0) is 61.3 Å². The summed E-state index contributed by atoms with van der Waals surface area (Å²) in [4.78, 5) is 5.60. The molecule has 1 atom stereocenters. The van der Waals surface area contributed by atoms with Gasteiger partial charge in [-0.1, -0.05) is 12.1 Å². The van der Waals surface area contributed by atoms with E-state index in [0.29, 0.717) is 0 Å². The molecule has 3 nitrogen and oxygen atoms in total. The van der Waals surface area contributed by atoms with Gasteiger partial charge in [0.15, 0.2) is 0 Å². The Kier molecular flexibility index (Phi) is 3.17. The molecule has 17 heavy (non-hydrogen) atoms. The number of fused-ring (bicyclic) bond motifs is 1. The molecular formula is C11H10BrN3S2. The number of hydrogen-bond donors (Lipinski definition) is 3. The molecule has 0 bridgehead atoms. The number of halogens is 1. The van der Waals surface area contributed by atoms with Crippen LogP contribution in [-0.4, -0.2) is 4.98 Å². The van der Waals surface area contributed by atoms with E-state index in [1.54, 1.807) is 6.20 Å². The fraction of sp³-hybridized carbons (Fsp3) is 0. The highest BCUT2D eigenvalue weighted by Gasteiger charge is 2.17. The lowest BCUT2D eigenvalue weighted by Crippen LogP contribution is -1.99. The largest absolute Gasteiger partial charge is 0.325 e. The topological polar surface area (TPSA) is 37.0 Å². The van der Waals surface area contributed by atoms with E-state index in [2.05, 4.69) is 48.6 Å². The van der Waals surface area contributed by atoms with Gasteiger partial charge >= 0.3 is 0 Å². The summed E-state index contributed by atoms with van der Waals surface area (Å²) in [5.74, 6) is 0.895. The summed E-state index contributed by atoms with van der Waals surface area (Å²) in [6.07, 6.45) is 1.80. The number of anilines is 2. The molecule has 1 aromatic carbocycles. The van der Waals surface area contributed by atoms with Crippen molar-refractivity contribution in [3.63, 3.8) is 0 Å². The lowest BCUT2D eigenvalue weighted by Gasteiger charge is -2.16. The Bertz CT molecular complexity index is 507. The zero-order valence-corrected chi connectivity index (χ0v) is 12.0. The Labute approximate surface area is 115 Å². The highest BCUT2D eigenvalue weighted by Crippen LogP contribution is 2.54. The van der Waals surface area contributed by atoms with Gasteiger partial charge in [0.2, 0.25) is 0 Å². The maximum absolute atomic E-state index is 4.31. The van der Waals surface area contributed by atoms with E-state index in [1.807, 2.05) is 29.0 Å². The van der Waals surface area contributed by atoms with Gasteiger partial charge in [0.1, 0.15) is 5.82 Å². The summed E-state index contributed by atoms with van der Waals surface area (Å²) < 4.78 is 7.85. The third-order valence-corrected chi connectivity index (χ3v) is 6.01. The van der Waals surface area contributed by atoms with Gasteiger partial charge in [-0.15, -0.1) is 0 Å². The van der Waals surface area contributed by atoms with Gasteiger partial charge in [0.25, 0.3) is 0 Å². The summed E-state index contributed by atoms with van der Waals surface area (Å²) in [5, 5.41) is 0. The molecule has 1 aliphatic heterocycles. The lowest BCUT2D eigenvalue weighted by atomic mass is 10.3. The molecule has 1 unspecified atom stereocenters. The quantitative estimate of drug-likeness (QED) is 0.570. The summed E-state index contributed by atoms with van der Waals surface area (Å²) >= 11 is 3.38. The predicted molar refractivity (Wildman–Crippen MR) is 80.5 cm³/mol. The number of nitrogens with zero attached hydrogens (tertiary/aromatic N) is 1. The SMILES string of the molecule is Brc1ccc(N[SH]2Nc3ccccc3S2)nc1. The van der Waals surface area contributed by atoms with Gasteiger partial charge in [-0.2, -0.15) is 0 Å². The molecule has 2 heterocycles. The summed E-state index contributed by atoms with van der Waals surface area (Å²) in [5.41, 5.74) is 1.20. The van der Waals surface area contributed by atoms with Crippen LogP contribution >= 0.6 is 37.0 Å². The first-order chi connectivity index (χ1) is 8.31. The molecule has 0 fully saturated rings. The van der Waals surface area contributed by atoms with E-state index in [1.165, 1.54) is 10.6 Å². The molecule has 0 aliphatic carbocycles. The number of benzene rings is 1. The fourth-order valence-corrected chi connectivity index (χ4v) is 5.15. The Morgan fingerprint density at radius 1 is 1.24 bits per heavy atom. The minimum atomic E-state index is -0.519. The average molecular weight is 328 g/mol. The smallest absolute Gasteiger partial charge is 0.136 e. The molecule has 0 spiro atoms. The molecule has 1 aliphatic rings. The van der Waals surface area contributed by atoms with E-state index in [0.717, 1.165) is 10.3 Å². The van der Waals surface area contributed by atoms with Gasteiger partial charge < -0.3 is 9.44 Å². The van der Waals surface area contributed by atoms with Crippen molar-refractivity contribution in [1.82, 2.24) is 4.98 Å². The lowest BCUT2D eigenvalue weighted by molar-refractivity contribution is 1.32. The number of aromatic nitrogens is 1. The fourth-order valence-electron chi connectivity index (χ4n) is 1.47. The molecule has 0 amide bonds. The van der Waals surface area contributed by atoms with Crippen LogP contribution in [0.4, 0.5) is 11.5 Å². The van der Waals surface area contributed by atoms with E-state index in [9.17, 15) is 0 Å². The maximum atomic E-state index is 4.31. The van der Waals surface area contributed by atoms with Gasteiger partial charge in [-0.25, -0.2) is 4.98 Å². The maximum Gasteiger partial charge on any atom is 0.136 e. The van der Waals surface area contributed by atoms with Crippen molar-refractivity contribution >= 4 is 48.5 Å². The molecule has 88 valence electrons. The van der Waals surface area contributed by atoms with Crippen molar-refractivity contribution in [3.8, 4) is 0 Å². The van der Waals surface area contributed by atoms with Crippen LogP contribution in [0.5, 0.6) is 0 Å². The zero-order chi connectivity index (χ0) is 11.7. The number of pyridine rings is 1. The minimum absolute atomic E-state index is 0.519. The van der Waals surface area contributed by atoms with Crippen LogP contribution in [0.2, 0.25) is 0 Å². The number of hydrogen-bond acceptors (Lipinski definition) is 4. The second-order valence-electron chi connectivity index (χ2n) is 3.47. The van der Waals surface area contributed by atoms with Crippen LogP contribution in [0.25, 0.3) is 0 Å². The van der Waals surface area contributed by atoms with Gasteiger partial charge in [0, 0.05) is 15.6 Å². The van der Waals surface area contributed by atoms with Crippen LogP contribution < -0.4 is 9.44 Å². The van der Waals surface area contributed by atoms with Crippen molar-refractivity contribution in [2.24, 2.45) is 0 Å². The standard InChI is InChI=1S/C11H10BrN3S2/c12-8-5-6-11(13-7-8)15-17-14-9-3-1-2-4-10(9)16-17/h1-7,14,17H,(H,13,15). The highest BCUT2D eigenvalue weighted by molar-refractivity contribution is 9.10. The van der Waals surface area contributed by atoms with Crippen molar-refractivity contribution in [2.75, 3.05) is 9.44 Å². The van der Waals surface area contributed by atoms with Crippen molar-refractivity contribution in [1.29, 1.82) is 0 Å². The molecular weight excluding hydrogens is 318 g/mol. The van der Waals surface area contributed by atoms with Crippen LogP contribution in [0.1, 0.15) is 0 Å². The molecule has 0 saturated carbocycles. The van der Waals surface area contributed by atoms with Crippen molar-refractivity contribution in [2.45, 2.75) is 4.90 Å². The number of rotatable bonds is 2. The van der Waals surface area contributed by atoms with E-state index >= 15 is 0 Å². The first-order valence-corrected chi connectivity index (χ1v) is 8.59. The van der Waals surface area contributed by atoms with Crippen LogP contribution in [0.15, 0.2) is 52.0 Å². The normalized spacial score (nSPS) is 19.5. The third-order valence-electron chi connectivity index (χ3n) is 2.24. The second kappa shape index (κ2) is 4.80. The Morgan fingerprint density at radius 3 is 2.88 bits per heavy atom. The summed E-state index contributed by atoms with van der Waals surface area (Å²) in [6, 6.07) is 12.3. The second-order valence-corrected chi connectivity index (χ2v) is 7.68. The van der Waals surface area contributed by atoms with Crippen LogP contribution in [0.3, 0.4) is 0 Å².